The van der Waals surface area contributed by atoms with Crippen LogP contribution in [0.4, 0.5) is 0 Å². The predicted molar refractivity (Wildman–Crippen MR) is 149 cm³/mol. The van der Waals surface area contributed by atoms with Crippen LogP contribution in [0.3, 0.4) is 0 Å². The zero-order chi connectivity index (χ0) is 26.1. The van der Waals surface area contributed by atoms with Gasteiger partial charge >= 0.3 is 0 Å². The van der Waals surface area contributed by atoms with Crippen LogP contribution in [0, 0.1) is 0 Å². The Hall–Kier alpha value is -2.22. The number of aliphatic hydroxyl groups excluding tert-OH is 2. The summed E-state index contributed by atoms with van der Waals surface area (Å²) in [6, 6.07) is 8.87. The van der Waals surface area contributed by atoms with Crippen LogP contribution in [0.25, 0.3) is 11.5 Å². The largest absolute Gasteiger partial charge is 0.504 e. The number of rotatable bonds is 8. The zero-order valence-electron chi connectivity index (χ0n) is 23.7. The fourth-order valence-electron chi connectivity index (χ4n) is 4.70. The Morgan fingerprint density at radius 1 is 0.412 bits per heavy atom. The molecule has 0 heterocycles. The predicted octanol–water partition coefficient (Wildman–Crippen LogP) is 10.4. The van der Waals surface area contributed by atoms with E-state index in [1.54, 1.807) is 0 Å². The van der Waals surface area contributed by atoms with Crippen molar-refractivity contribution >= 4 is 11.5 Å². The molecule has 0 amide bonds. The second kappa shape index (κ2) is 11.0. The molecule has 2 heteroatoms. The minimum atomic E-state index is 0.00352. The Labute approximate surface area is 209 Å². The maximum atomic E-state index is 11.8. The number of hydrogen-bond acceptors (Lipinski definition) is 2. The summed E-state index contributed by atoms with van der Waals surface area (Å²) in [6.07, 6.45) is 0. The summed E-state index contributed by atoms with van der Waals surface area (Å²) in [6.45, 7) is 26.1. The van der Waals surface area contributed by atoms with Gasteiger partial charge in [0.05, 0.1) is 0 Å². The van der Waals surface area contributed by atoms with E-state index in [4.69, 9.17) is 0 Å². The molecule has 0 aliphatic carbocycles. The molecule has 0 atom stereocenters. The maximum Gasteiger partial charge on any atom is 0.166 e. The van der Waals surface area contributed by atoms with Gasteiger partial charge in [-0.25, -0.2) is 0 Å². The molecule has 0 saturated carbocycles. The lowest BCUT2D eigenvalue weighted by molar-refractivity contribution is 0.456. The lowest BCUT2D eigenvalue weighted by Gasteiger charge is -2.25. The zero-order valence-corrected chi connectivity index (χ0v) is 23.7. The van der Waals surface area contributed by atoms with Crippen LogP contribution in [0.5, 0.6) is 0 Å². The topological polar surface area (TPSA) is 40.5 Å². The maximum absolute atomic E-state index is 11.8. The van der Waals surface area contributed by atoms with E-state index in [9.17, 15) is 10.2 Å². The molecule has 34 heavy (non-hydrogen) atoms. The highest BCUT2D eigenvalue weighted by molar-refractivity contribution is 5.87. The van der Waals surface area contributed by atoms with Gasteiger partial charge in [-0.05, 0) is 68.9 Å². The van der Waals surface area contributed by atoms with Crippen molar-refractivity contribution in [3.05, 3.63) is 68.8 Å². The molecule has 0 aliphatic rings. The van der Waals surface area contributed by atoms with Gasteiger partial charge in [0.1, 0.15) is 0 Å². The first-order chi connectivity index (χ1) is 15.7. The molecule has 0 unspecified atom stereocenters. The lowest BCUT2D eigenvalue weighted by atomic mass is 9.81. The van der Waals surface area contributed by atoms with Gasteiger partial charge in [0.2, 0.25) is 0 Å². The number of benzene rings is 2. The van der Waals surface area contributed by atoms with Crippen LogP contribution in [0.1, 0.15) is 163 Å². The summed E-state index contributed by atoms with van der Waals surface area (Å²) >= 11 is 0. The Bertz CT molecular complexity index is 891. The van der Waals surface area contributed by atoms with Crippen LogP contribution in [-0.4, -0.2) is 10.2 Å². The summed E-state index contributed by atoms with van der Waals surface area (Å²) < 4.78 is 0. The number of hydrogen-bond donors (Lipinski definition) is 2. The average molecular weight is 465 g/mol. The quantitative estimate of drug-likeness (QED) is 0.301. The van der Waals surface area contributed by atoms with Crippen molar-refractivity contribution in [1.82, 2.24) is 0 Å². The van der Waals surface area contributed by atoms with E-state index >= 15 is 0 Å². The van der Waals surface area contributed by atoms with E-state index in [-0.39, 0.29) is 35.2 Å². The summed E-state index contributed by atoms with van der Waals surface area (Å²) in [5.74, 6) is 1.68. The molecule has 188 valence electrons. The molecule has 0 spiro atoms. The molecule has 2 N–H and O–H groups in total. The molecule has 0 saturated heterocycles. The van der Waals surface area contributed by atoms with Crippen molar-refractivity contribution in [3.63, 3.8) is 0 Å². The van der Waals surface area contributed by atoms with Gasteiger partial charge in [0, 0.05) is 11.1 Å². The molecule has 2 aromatic rings. The van der Waals surface area contributed by atoms with Gasteiger partial charge in [0.25, 0.3) is 0 Å². The first-order valence-corrected chi connectivity index (χ1v) is 13.2. The second-order valence-corrected chi connectivity index (χ2v) is 11.8. The van der Waals surface area contributed by atoms with Crippen molar-refractivity contribution in [1.29, 1.82) is 0 Å². The number of aliphatic hydroxyl groups is 2. The fraction of sp³-hybridized carbons (Fsp3) is 0.562. The van der Waals surface area contributed by atoms with Gasteiger partial charge in [0.15, 0.2) is 11.5 Å². The van der Waals surface area contributed by atoms with Crippen LogP contribution >= 0.6 is 0 Å². The van der Waals surface area contributed by atoms with E-state index in [2.05, 4.69) is 107 Å². The Balaban J connectivity index is 3.01. The molecule has 0 aliphatic heterocycles. The molecule has 0 radical (unpaired) electrons. The molecule has 2 aromatic carbocycles. The first kappa shape index (κ1) is 28.0. The molecule has 0 bridgehead atoms. The summed E-state index contributed by atoms with van der Waals surface area (Å²) in [5, 5.41) is 23.5. The highest BCUT2D eigenvalue weighted by Gasteiger charge is 2.26. The normalized spacial score (nSPS) is 13.2. The van der Waals surface area contributed by atoms with Gasteiger partial charge < -0.3 is 10.2 Å². The third-order valence-corrected chi connectivity index (χ3v) is 6.96. The van der Waals surface area contributed by atoms with Crippen LogP contribution in [0.2, 0.25) is 0 Å². The van der Waals surface area contributed by atoms with E-state index < -0.39 is 0 Å². The Morgan fingerprint density at radius 3 is 0.765 bits per heavy atom. The third kappa shape index (κ3) is 5.70. The summed E-state index contributed by atoms with van der Waals surface area (Å²) in [5.41, 5.74) is 8.51. The molecular formula is C32H48O2. The lowest BCUT2D eigenvalue weighted by Crippen LogP contribution is -2.10. The summed E-state index contributed by atoms with van der Waals surface area (Å²) in [4.78, 5) is 0. The minimum absolute atomic E-state index is 0.00352. The van der Waals surface area contributed by atoms with Crippen LogP contribution in [-0.2, 0) is 0 Å². The van der Waals surface area contributed by atoms with E-state index in [1.165, 1.54) is 11.1 Å². The Kier molecular flexibility index (Phi) is 9.08. The molecule has 2 rings (SSSR count). The molecule has 0 aromatic heterocycles. The molecular weight excluding hydrogens is 416 g/mol. The standard InChI is InChI=1S/C32H48O2/c1-17(2)23-13-25(19(5)6)29(26(14-23)20(7)8)31(33)32(34)30-27(21(9)10)15-24(18(3)4)16-28(30)22(11)12/h13-22,33-34H,1-12H3/b32-31+. The van der Waals surface area contributed by atoms with Crippen molar-refractivity contribution < 1.29 is 10.2 Å². The van der Waals surface area contributed by atoms with E-state index in [0.717, 1.165) is 33.4 Å². The van der Waals surface area contributed by atoms with E-state index in [1.807, 2.05) is 0 Å². The van der Waals surface area contributed by atoms with Crippen molar-refractivity contribution in [2.45, 2.75) is 119 Å². The van der Waals surface area contributed by atoms with E-state index in [0.29, 0.717) is 11.8 Å². The molecule has 0 fully saturated rings. The first-order valence-electron chi connectivity index (χ1n) is 13.2. The van der Waals surface area contributed by atoms with Crippen molar-refractivity contribution in [2.75, 3.05) is 0 Å². The third-order valence-electron chi connectivity index (χ3n) is 6.96. The minimum Gasteiger partial charge on any atom is -0.504 e. The van der Waals surface area contributed by atoms with Gasteiger partial charge in [-0.15, -0.1) is 0 Å². The Morgan fingerprint density at radius 2 is 0.618 bits per heavy atom. The smallest absolute Gasteiger partial charge is 0.166 e. The van der Waals surface area contributed by atoms with Crippen molar-refractivity contribution in [2.24, 2.45) is 0 Å². The molecule has 2 nitrogen and oxygen atoms in total. The highest BCUT2D eigenvalue weighted by atomic mass is 16.3. The van der Waals surface area contributed by atoms with Gasteiger partial charge in [-0.1, -0.05) is 107 Å². The van der Waals surface area contributed by atoms with Crippen LogP contribution in [0.15, 0.2) is 24.3 Å². The SMILES string of the molecule is CC(C)c1cc(C(C)C)c(/C(O)=C(\O)c2c(C(C)C)cc(C(C)C)cc2C(C)C)c(C(C)C)c1. The van der Waals surface area contributed by atoms with Gasteiger partial charge in [-0.2, -0.15) is 0 Å². The van der Waals surface area contributed by atoms with Crippen molar-refractivity contribution in [3.8, 4) is 0 Å². The van der Waals surface area contributed by atoms with Crippen LogP contribution < -0.4 is 0 Å². The van der Waals surface area contributed by atoms with Gasteiger partial charge in [-0.3, -0.25) is 0 Å². The highest BCUT2D eigenvalue weighted by Crippen LogP contribution is 2.41. The fourth-order valence-corrected chi connectivity index (χ4v) is 4.70. The average Bonchev–Trinajstić information content (AvgIpc) is 2.75. The summed E-state index contributed by atoms with van der Waals surface area (Å²) in [7, 11) is 0. The second-order valence-electron chi connectivity index (χ2n) is 11.8. The monoisotopic (exact) mass is 464 g/mol.